The molecule has 0 bridgehead atoms. The van der Waals surface area contributed by atoms with E-state index in [-0.39, 0.29) is 18.0 Å². The number of carboxylic acids is 1. The largest absolute Gasteiger partial charge is 0.478 e. The molecule has 0 saturated heterocycles. The van der Waals surface area contributed by atoms with Crippen LogP contribution in [0.1, 0.15) is 17.3 Å². The Morgan fingerprint density at radius 2 is 2.11 bits per heavy atom. The molecule has 1 aromatic rings. The smallest absolute Gasteiger partial charge is 0.337 e. The van der Waals surface area contributed by atoms with E-state index < -0.39 is 5.97 Å². The number of rotatable bonds is 5. The molecule has 5 nitrogen and oxygen atoms in total. The van der Waals surface area contributed by atoms with Crippen molar-refractivity contribution in [3.8, 4) is 0 Å². The number of benzene rings is 1. The van der Waals surface area contributed by atoms with Crippen LogP contribution in [0.4, 0.5) is 5.69 Å². The summed E-state index contributed by atoms with van der Waals surface area (Å²) in [4.78, 5) is 24.2. The molecule has 0 heterocycles. The lowest BCUT2D eigenvalue weighted by Gasteiger charge is -2.24. The zero-order valence-corrected chi connectivity index (χ0v) is 11.0. The summed E-state index contributed by atoms with van der Waals surface area (Å²) in [6, 6.07) is 4.51. The van der Waals surface area contributed by atoms with Gasteiger partial charge in [-0.25, -0.2) is 4.79 Å². The van der Waals surface area contributed by atoms with Crippen molar-refractivity contribution in [2.75, 3.05) is 25.0 Å². The normalized spacial score (nSPS) is 9.94. The highest BCUT2D eigenvalue weighted by Gasteiger charge is 2.17. The van der Waals surface area contributed by atoms with Crippen molar-refractivity contribution in [3.63, 3.8) is 0 Å². The van der Waals surface area contributed by atoms with Gasteiger partial charge in [-0.1, -0.05) is 11.6 Å². The van der Waals surface area contributed by atoms with Crippen LogP contribution in [-0.4, -0.2) is 37.1 Å². The minimum atomic E-state index is -1.04. The molecule has 0 aliphatic rings. The van der Waals surface area contributed by atoms with Crippen molar-refractivity contribution in [1.29, 1.82) is 0 Å². The zero-order chi connectivity index (χ0) is 13.7. The van der Waals surface area contributed by atoms with E-state index in [0.717, 1.165) is 0 Å². The van der Waals surface area contributed by atoms with Gasteiger partial charge in [0.2, 0.25) is 5.91 Å². The van der Waals surface area contributed by atoms with Gasteiger partial charge in [-0.3, -0.25) is 4.79 Å². The summed E-state index contributed by atoms with van der Waals surface area (Å²) in [5.74, 6) is -1.23. The third-order valence-corrected chi connectivity index (χ3v) is 2.76. The fourth-order valence-electron chi connectivity index (χ4n) is 1.57. The van der Waals surface area contributed by atoms with Gasteiger partial charge in [0.1, 0.15) is 0 Å². The van der Waals surface area contributed by atoms with Gasteiger partial charge in [0.05, 0.1) is 17.8 Å². The number of amides is 1. The van der Waals surface area contributed by atoms with Crippen molar-refractivity contribution < 1.29 is 14.7 Å². The molecule has 0 fully saturated rings. The molecule has 98 valence electrons. The molecular weight excluding hydrogens is 256 g/mol. The van der Waals surface area contributed by atoms with Crippen LogP contribution in [0.5, 0.6) is 0 Å². The predicted molar refractivity (Wildman–Crippen MR) is 70.4 cm³/mol. The number of nitrogens with one attached hydrogen (secondary N) is 1. The van der Waals surface area contributed by atoms with E-state index in [1.807, 2.05) is 6.92 Å². The second-order valence-corrected chi connectivity index (χ2v) is 4.09. The van der Waals surface area contributed by atoms with E-state index in [0.29, 0.717) is 17.3 Å². The Morgan fingerprint density at radius 3 is 2.61 bits per heavy atom. The number of nitrogens with zero attached hydrogens (tertiary/aromatic N) is 1. The average Bonchev–Trinajstić information content (AvgIpc) is 2.35. The molecule has 0 spiro atoms. The standard InChI is InChI=1S/C12H15ClN2O3/c1-3-15(7-11(16)14-2)10-6-8(13)4-5-9(10)12(17)18/h4-6H,3,7H2,1-2H3,(H,14,16)(H,17,18). The Bertz CT molecular complexity index is 463. The summed E-state index contributed by atoms with van der Waals surface area (Å²) in [6.45, 7) is 2.44. The third kappa shape index (κ3) is 3.37. The van der Waals surface area contributed by atoms with Crippen LogP contribution in [0.15, 0.2) is 18.2 Å². The Kier molecular flexibility index (Phi) is 4.97. The summed E-state index contributed by atoms with van der Waals surface area (Å²) in [7, 11) is 1.53. The summed E-state index contributed by atoms with van der Waals surface area (Å²) in [6.07, 6.45) is 0. The SMILES string of the molecule is CCN(CC(=O)NC)c1cc(Cl)ccc1C(=O)O. The molecule has 0 saturated carbocycles. The van der Waals surface area contributed by atoms with Crippen LogP contribution >= 0.6 is 11.6 Å². The molecule has 0 aliphatic heterocycles. The first-order chi connectivity index (χ1) is 8.49. The molecule has 2 N–H and O–H groups in total. The van der Waals surface area contributed by atoms with Gasteiger partial charge in [0.25, 0.3) is 0 Å². The molecule has 0 atom stereocenters. The number of carbonyl (C=O) groups is 2. The summed E-state index contributed by atoms with van der Waals surface area (Å²) in [5, 5.41) is 12.1. The van der Waals surface area contributed by atoms with Gasteiger partial charge >= 0.3 is 5.97 Å². The number of halogens is 1. The summed E-state index contributed by atoms with van der Waals surface area (Å²) in [5.41, 5.74) is 0.575. The van der Waals surface area contributed by atoms with Crippen LogP contribution in [0.25, 0.3) is 0 Å². The van der Waals surface area contributed by atoms with Crippen LogP contribution < -0.4 is 10.2 Å². The lowest BCUT2D eigenvalue weighted by Crippen LogP contribution is -2.36. The van der Waals surface area contributed by atoms with Crippen LogP contribution in [-0.2, 0) is 4.79 Å². The Morgan fingerprint density at radius 1 is 1.44 bits per heavy atom. The molecule has 1 rings (SSSR count). The summed E-state index contributed by atoms with van der Waals surface area (Å²) < 4.78 is 0. The number of aromatic carboxylic acids is 1. The topological polar surface area (TPSA) is 69.6 Å². The molecule has 18 heavy (non-hydrogen) atoms. The number of hydrogen-bond acceptors (Lipinski definition) is 3. The Hall–Kier alpha value is -1.75. The van der Waals surface area contributed by atoms with Gasteiger partial charge in [-0.05, 0) is 25.1 Å². The summed E-state index contributed by atoms with van der Waals surface area (Å²) >= 11 is 5.87. The highest BCUT2D eigenvalue weighted by Crippen LogP contribution is 2.24. The van der Waals surface area contributed by atoms with Crippen LogP contribution in [0.3, 0.4) is 0 Å². The van der Waals surface area contributed by atoms with Gasteiger partial charge in [-0.15, -0.1) is 0 Å². The van der Waals surface area contributed by atoms with Gasteiger partial charge in [0, 0.05) is 18.6 Å². The number of likely N-dealkylation sites (N-methyl/N-ethyl adjacent to an activating group) is 2. The first-order valence-electron chi connectivity index (χ1n) is 5.48. The van der Waals surface area contributed by atoms with Crippen LogP contribution in [0, 0.1) is 0 Å². The number of anilines is 1. The van der Waals surface area contributed by atoms with E-state index in [2.05, 4.69) is 5.32 Å². The third-order valence-electron chi connectivity index (χ3n) is 2.53. The minimum absolute atomic E-state index is 0.0909. The second kappa shape index (κ2) is 6.26. The number of carboxylic acid groups (broad SMARTS) is 1. The minimum Gasteiger partial charge on any atom is -0.478 e. The van der Waals surface area contributed by atoms with Crippen molar-refractivity contribution in [3.05, 3.63) is 28.8 Å². The van der Waals surface area contributed by atoms with E-state index in [4.69, 9.17) is 16.7 Å². The van der Waals surface area contributed by atoms with Crippen LogP contribution in [0.2, 0.25) is 5.02 Å². The predicted octanol–water partition coefficient (Wildman–Crippen LogP) is 1.61. The maximum Gasteiger partial charge on any atom is 0.337 e. The van der Waals surface area contributed by atoms with E-state index >= 15 is 0 Å². The average molecular weight is 271 g/mol. The fourth-order valence-corrected chi connectivity index (χ4v) is 1.73. The van der Waals surface area contributed by atoms with E-state index in [1.165, 1.54) is 19.2 Å². The molecule has 0 unspecified atom stereocenters. The van der Waals surface area contributed by atoms with Gasteiger partial charge in [-0.2, -0.15) is 0 Å². The van der Waals surface area contributed by atoms with Crippen molar-refractivity contribution in [2.24, 2.45) is 0 Å². The Balaban J connectivity index is 3.14. The first kappa shape index (κ1) is 14.3. The Labute approximate surface area is 110 Å². The fraction of sp³-hybridized carbons (Fsp3) is 0.333. The zero-order valence-electron chi connectivity index (χ0n) is 10.2. The van der Waals surface area contributed by atoms with Crippen molar-refractivity contribution in [1.82, 2.24) is 5.32 Å². The molecule has 0 aliphatic carbocycles. The number of hydrogen-bond donors (Lipinski definition) is 2. The molecule has 1 aromatic carbocycles. The van der Waals surface area contributed by atoms with Crippen molar-refractivity contribution in [2.45, 2.75) is 6.92 Å². The monoisotopic (exact) mass is 270 g/mol. The van der Waals surface area contributed by atoms with Gasteiger partial charge in [0.15, 0.2) is 0 Å². The molecule has 0 radical (unpaired) electrons. The lowest BCUT2D eigenvalue weighted by atomic mass is 10.1. The quantitative estimate of drug-likeness (QED) is 0.853. The maximum absolute atomic E-state index is 11.4. The molecule has 6 heteroatoms. The molecule has 1 amide bonds. The highest BCUT2D eigenvalue weighted by atomic mass is 35.5. The molecule has 0 aromatic heterocycles. The van der Waals surface area contributed by atoms with E-state index in [9.17, 15) is 9.59 Å². The van der Waals surface area contributed by atoms with Gasteiger partial charge < -0.3 is 15.3 Å². The number of carbonyl (C=O) groups excluding carboxylic acids is 1. The first-order valence-corrected chi connectivity index (χ1v) is 5.85. The second-order valence-electron chi connectivity index (χ2n) is 3.65. The van der Waals surface area contributed by atoms with E-state index in [1.54, 1.807) is 11.0 Å². The lowest BCUT2D eigenvalue weighted by molar-refractivity contribution is -0.119. The molecular formula is C12H15ClN2O3. The van der Waals surface area contributed by atoms with Crippen molar-refractivity contribution >= 4 is 29.2 Å². The highest BCUT2D eigenvalue weighted by molar-refractivity contribution is 6.31. The maximum atomic E-state index is 11.4.